The first kappa shape index (κ1) is 15.3. The first-order chi connectivity index (χ1) is 9.22. The van der Waals surface area contributed by atoms with Crippen LogP contribution in [-0.4, -0.2) is 36.5 Å². The molecule has 0 aliphatic heterocycles. The molecule has 2 N–H and O–H groups in total. The molecule has 2 fully saturated rings. The number of aliphatic hydroxyl groups is 1. The van der Waals surface area contributed by atoms with Crippen LogP contribution in [0, 0.1) is 5.92 Å². The summed E-state index contributed by atoms with van der Waals surface area (Å²) in [4.78, 5) is 0. The average molecular weight is 269 g/mol. The first-order valence-corrected chi connectivity index (χ1v) is 8.18. The molecule has 0 radical (unpaired) electrons. The Morgan fingerprint density at radius 3 is 2.53 bits per heavy atom. The zero-order valence-corrected chi connectivity index (χ0v) is 12.5. The lowest BCUT2D eigenvalue weighted by Crippen LogP contribution is -2.47. The van der Waals surface area contributed by atoms with Gasteiger partial charge in [-0.25, -0.2) is 0 Å². The summed E-state index contributed by atoms with van der Waals surface area (Å²) < 4.78 is 5.82. The van der Waals surface area contributed by atoms with Crippen LogP contribution in [0.4, 0.5) is 0 Å². The predicted octanol–water partition coefficient (Wildman–Crippen LogP) is 2.87. The fourth-order valence-corrected chi connectivity index (χ4v) is 3.09. The molecule has 2 rings (SSSR count). The molecule has 0 aromatic heterocycles. The second kappa shape index (κ2) is 7.61. The van der Waals surface area contributed by atoms with E-state index in [1.807, 2.05) is 0 Å². The Bertz CT molecular complexity index is 249. The van der Waals surface area contributed by atoms with Crippen LogP contribution in [0.5, 0.6) is 0 Å². The Hall–Kier alpha value is -0.120. The van der Waals surface area contributed by atoms with E-state index in [2.05, 4.69) is 12.2 Å². The molecule has 2 aliphatic rings. The van der Waals surface area contributed by atoms with Crippen molar-refractivity contribution in [3.63, 3.8) is 0 Å². The second-order valence-electron chi connectivity index (χ2n) is 6.82. The number of hydrogen-bond acceptors (Lipinski definition) is 3. The lowest BCUT2D eigenvalue weighted by Gasteiger charge is -2.29. The molecule has 2 saturated carbocycles. The molecule has 19 heavy (non-hydrogen) atoms. The van der Waals surface area contributed by atoms with Crippen molar-refractivity contribution in [3.8, 4) is 0 Å². The van der Waals surface area contributed by atoms with Crippen molar-refractivity contribution in [3.05, 3.63) is 0 Å². The molecule has 0 amide bonds. The molecular formula is C16H31NO2. The van der Waals surface area contributed by atoms with Crippen molar-refractivity contribution >= 4 is 0 Å². The highest BCUT2D eigenvalue weighted by molar-refractivity contribution is 4.92. The Kier molecular flexibility index (Phi) is 6.11. The van der Waals surface area contributed by atoms with Gasteiger partial charge in [0, 0.05) is 24.8 Å². The topological polar surface area (TPSA) is 41.5 Å². The largest absolute Gasteiger partial charge is 0.394 e. The quantitative estimate of drug-likeness (QED) is 0.632. The minimum Gasteiger partial charge on any atom is -0.394 e. The molecule has 0 aromatic rings. The van der Waals surface area contributed by atoms with Crippen molar-refractivity contribution in [1.82, 2.24) is 5.32 Å². The number of nitrogens with one attached hydrogen (secondary N) is 1. The summed E-state index contributed by atoms with van der Waals surface area (Å²) in [6, 6.07) is 0.653. The third-order valence-electron chi connectivity index (χ3n) is 4.57. The maximum Gasteiger partial charge on any atom is 0.0610 e. The van der Waals surface area contributed by atoms with Gasteiger partial charge in [0.15, 0.2) is 0 Å². The smallest absolute Gasteiger partial charge is 0.0610 e. The fourth-order valence-electron chi connectivity index (χ4n) is 3.09. The van der Waals surface area contributed by atoms with E-state index in [1.54, 1.807) is 0 Å². The molecule has 0 bridgehead atoms. The molecule has 1 atom stereocenters. The van der Waals surface area contributed by atoms with Crippen molar-refractivity contribution in [2.75, 3.05) is 19.8 Å². The van der Waals surface area contributed by atoms with Crippen LogP contribution in [-0.2, 0) is 4.74 Å². The van der Waals surface area contributed by atoms with E-state index in [0.29, 0.717) is 6.04 Å². The maximum atomic E-state index is 9.52. The van der Waals surface area contributed by atoms with Gasteiger partial charge in [-0.2, -0.15) is 0 Å². The number of ether oxygens (including phenoxy) is 1. The van der Waals surface area contributed by atoms with E-state index < -0.39 is 0 Å². The molecule has 0 spiro atoms. The lowest BCUT2D eigenvalue weighted by atomic mass is 9.90. The van der Waals surface area contributed by atoms with Crippen LogP contribution in [0.25, 0.3) is 0 Å². The summed E-state index contributed by atoms with van der Waals surface area (Å²) in [7, 11) is 0. The van der Waals surface area contributed by atoms with Crippen LogP contribution >= 0.6 is 0 Å². The molecule has 0 aromatic carbocycles. The van der Waals surface area contributed by atoms with E-state index in [1.165, 1.54) is 44.9 Å². The van der Waals surface area contributed by atoms with E-state index in [0.717, 1.165) is 32.0 Å². The van der Waals surface area contributed by atoms with Crippen LogP contribution in [0.3, 0.4) is 0 Å². The summed E-state index contributed by atoms with van der Waals surface area (Å²) in [5, 5.41) is 13.1. The van der Waals surface area contributed by atoms with E-state index >= 15 is 0 Å². The van der Waals surface area contributed by atoms with Gasteiger partial charge in [-0.15, -0.1) is 0 Å². The average Bonchev–Trinajstić information content (AvgIpc) is 3.23. The van der Waals surface area contributed by atoms with Gasteiger partial charge in [-0.05, 0) is 51.4 Å². The molecular weight excluding hydrogens is 238 g/mol. The first-order valence-electron chi connectivity index (χ1n) is 8.18. The SMILES string of the molecule is CC(CO)(CCCOCC1CCCCC1)NC1CC1. The third kappa shape index (κ3) is 5.80. The van der Waals surface area contributed by atoms with Gasteiger partial charge in [0.05, 0.1) is 6.61 Å². The Labute approximate surface area is 118 Å². The fraction of sp³-hybridized carbons (Fsp3) is 1.00. The van der Waals surface area contributed by atoms with Crippen molar-refractivity contribution in [2.45, 2.75) is 76.3 Å². The summed E-state index contributed by atoms with van der Waals surface area (Å²) in [6.45, 7) is 4.16. The summed E-state index contributed by atoms with van der Waals surface area (Å²) in [6.07, 6.45) is 11.5. The number of rotatable bonds is 9. The van der Waals surface area contributed by atoms with Gasteiger partial charge >= 0.3 is 0 Å². The number of aliphatic hydroxyl groups excluding tert-OH is 1. The van der Waals surface area contributed by atoms with E-state index in [9.17, 15) is 5.11 Å². The Morgan fingerprint density at radius 2 is 1.89 bits per heavy atom. The van der Waals surface area contributed by atoms with Crippen LogP contribution in [0.2, 0.25) is 0 Å². The Balaban J connectivity index is 1.52. The second-order valence-corrected chi connectivity index (χ2v) is 6.82. The van der Waals surface area contributed by atoms with Gasteiger partial charge in [0.2, 0.25) is 0 Å². The normalized spacial score (nSPS) is 24.3. The Morgan fingerprint density at radius 1 is 1.16 bits per heavy atom. The summed E-state index contributed by atoms with van der Waals surface area (Å²) in [5.41, 5.74) is -0.102. The predicted molar refractivity (Wildman–Crippen MR) is 78.3 cm³/mol. The van der Waals surface area contributed by atoms with Crippen molar-refractivity contribution in [1.29, 1.82) is 0 Å². The van der Waals surface area contributed by atoms with Crippen LogP contribution in [0.1, 0.15) is 64.7 Å². The van der Waals surface area contributed by atoms with E-state index in [-0.39, 0.29) is 12.1 Å². The zero-order chi connectivity index (χ0) is 13.6. The van der Waals surface area contributed by atoms with Gasteiger partial charge in [-0.1, -0.05) is 19.3 Å². The highest BCUT2D eigenvalue weighted by Gasteiger charge is 2.31. The standard InChI is InChI=1S/C16H31NO2/c1-16(13-18,17-15-8-9-15)10-5-11-19-12-14-6-3-2-4-7-14/h14-15,17-18H,2-13H2,1H3. The molecule has 3 heteroatoms. The minimum atomic E-state index is -0.102. The van der Waals surface area contributed by atoms with Gasteiger partial charge < -0.3 is 15.2 Å². The zero-order valence-electron chi connectivity index (χ0n) is 12.5. The summed E-state index contributed by atoms with van der Waals surface area (Å²) in [5.74, 6) is 0.808. The van der Waals surface area contributed by atoms with Gasteiger partial charge in [0.1, 0.15) is 0 Å². The number of hydrogen-bond donors (Lipinski definition) is 2. The lowest BCUT2D eigenvalue weighted by molar-refractivity contribution is 0.0736. The molecule has 1 unspecified atom stereocenters. The third-order valence-corrected chi connectivity index (χ3v) is 4.57. The molecule has 0 saturated heterocycles. The van der Waals surface area contributed by atoms with Crippen LogP contribution < -0.4 is 5.32 Å². The molecule has 3 nitrogen and oxygen atoms in total. The summed E-state index contributed by atoms with van der Waals surface area (Å²) >= 11 is 0. The van der Waals surface area contributed by atoms with Crippen LogP contribution in [0.15, 0.2) is 0 Å². The van der Waals surface area contributed by atoms with Gasteiger partial charge in [-0.3, -0.25) is 0 Å². The monoisotopic (exact) mass is 269 g/mol. The minimum absolute atomic E-state index is 0.102. The molecule has 2 aliphatic carbocycles. The highest BCUT2D eigenvalue weighted by atomic mass is 16.5. The van der Waals surface area contributed by atoms with E-state index in [4.69, 9.17) is 4.74 Å². The van der Waals surface area contributed by atoms with Gasteiger partial charge in [0.25, 0.3) is 0 Å². The maximum absolute atomic E-state index is 9.52. The highest BCUT2D eigenvalue weighted by Crippen LogP contribution is 2.25. The van der Waals surface area contributed by atoms with Crippen molar-refractivity contribution in [2.24, 2.45) is 5.92 Å². The molecule has 112 valence electrons. The van der Waals surface area contributed by atoms with Crippen molar-refractivity contribution < 1.29 is 9.84 Å². The molecule has 0 heterocycles.